The van der Waals surface area contributed by atoms with Crippen molar-refractivity contribution >= 4 is 28.2 Å². The fraction of sp³-hybridized carbons (Fsp3) is 0.500. The van der Waals surface area contributed by atoms with E-state index in [9.17, 15) is 0 Å². The molecule has 1 aliphatic heterocycles. The number of pyridine rings is 1. The van der Waals surface area contributed by atoms with Gasteiger partial charge in [-0.2, -0.15) is 0 Å². The van der Waals surface area contributed by atoms with Crippen LogP contribution in [-0.2, 0) is 0 Å². The van der Waals surface area contributed by atoms with Gasteiger partial charge in [0.25, 0.3) is 0 Å². The molecular formula is C18H24ClN3. The van der Waals surface area contributed by atoms with E-state index in [1.54, 1.807) is 0 Å². The summed E-state index contributed by atoms with van der Waals surface area (Å²) in [5.41, 5.74) is 2.34. The second kappa shape index (κ2) is 5.39. The number of piperidine rings is 1. The molecule has 2 heterocycles. The van der Waals surface area contributed by atoms with E-state index in [4.69, 9.17) is 11.6 Å². The van der Waals surface area contributed by atoms with Crippen molar-refractivity contribution in [2.24, 2.45) is 0 Å². The fourth-order valence-electron chi connectivity index (χ4n) is 3.89. The van der Waals surface area contributed by atoms with Gasteiger partial charge in [-0.1, -0.05) is 11.6 Å². The first-order chi connectivity index (χ1) is 10.2. The van der Waals surface area contributed by atoms with Crippen molar-refractivity contribution in [3.63, 3.8) is 0 Å². The minimum Gasteiger partial charge on any atom is -0.382 e. The molecule has 0 saturated carbocycles. The Kier molecular flexibility index (Phi) is 3.82. The van der Waals surface area contributed by atoms with Crippen molar-refractivity contribution in [2.45, 2.75) is 57.7 Å². The second-order valence-corrected chi connectivity index (χ2v) is 8.10. The summed E-state index contributed by atoms with van der Waals surface area (Å²) < 4.78 is 0. The molecule has 0 bridgehead atoms. The molecule has 0 amide bonds. The Morgan fingerprint density at radius 1 is 1.14 bits per heavy atom. The summed E-state index contributed by atoms with van der Waals surface area (Å²) in [6, 6.07) is 8.32. The van der Waals surface area contributed by atoms with Gasteiger partial charge in [0.1, 0.15) is 0 Å². The lowest BCUT2D eigenvalue weighted by Crippen LogP contribution is -2.60. The number of hydrogen-bond acceptors (Lipinski definition) is 3. The molecule has 3 rings (SSSR count). The van der Waals surface area contributed by atoms with Crippen LogP contribution in [0, 0.1) is 0 Å². The third-order valence-corrected chi connectivity index (χ3v) is 4.49. The van der Waals surface area contributed by atoms with Crippen molar-refractivity contribution in [3.05, 3.63) is 35.5 Å². The molecule has 1 aromatic heterocycles. The Morgan fingerprint density at radius 2 is 1.82 bits per heavy atom. The number of rotatable bonds is 2. The highest BCUT2D eigenvalue weighted by Crippen LogP contribution is 2.32. The van der Waals surface area contributed by atoms with Gasteiger partial charge in [0.2, 0.25) is 0 Å². The number of nitrogens with zero attached hydrogens (tertiary/aromatic N) is 1. The zero-order valence-corrected chi connectivity index (χ0v) is 14.5. The summed E-state index contributed by atoms with van der Waals surface area (Å²) in [4.78, 5) is 4.42. The van der Waals surface area contributed by atoms with E-state index in [1.165, 1.54) is 0 Å². The topological polar surface area (TPSA) is 37.0 Å². The van der Waals surface area contributed by atoms with Crippen LogP contribution in [0.4, 0.5) is 5.69 Å². The molecule has 0 unspecified atom stereocenters. The number of halogens is 1. The van der Waals surface area contributed by atoms with Crippen molar-refractivity contribution in [1.82, 2.24) is 10.3 Å². The summed E-state index contributed by atoms with van der Waals surface area (Å²) in [6.07, 6.45) is 4.03. The molecule has 1 aliphatic rings. The fourth-order valence-corrected chi connectivity index (χ4v) is 4.06. The minimum absolute atomic E-state index is 0.125. The highest BCUT2D eigenvalue weighted by molar-refractivity contribution is 6.31. The molecule has 0 radical (unpaired) electrons. The lowest BCUT2D eigenvalue weighted by atomic mass is 9.79. The standard InChI is InChI=1S/C18H24ClN3/c1-17(2)10-13(11-18(3,4)22-17)21-16-7-8-20-15-6-5-12(19)9-14(15)16/h5-9,13,22H,10-11H2,1-4H3,(H,20,21). The smallest absolute Gasteiger partial charge is 0.0723 e. The number of fused-ring (bicyclic) bond motifs is 1. The Hall–Kier alpha value is -1.32. The summed E-state index contributed by atoms with van der Waals surface area (Å²) in [6.45, 7) is 9.07. The highest BCUT2D eigenvalue weighted by Gasteiger charge is 2.37. The lowest BCUT2D eigenvalue weighted by Gasteiger charge is -2.47. The molecule has 2 N–H and O–H groups in total. The van der Waals surface area contributed by atoms with Crippen molar-refractivity contribution in [1.29, 1.82) is 0 Å². The predicted molar refractivity (Wildman–Crippen MR) is 94.7 cm³/mol. The van der Waals surface area contributed by atoms with E-state index in [-0.39, 0.29) is 11.1 Å². The van der Waals surface area contributed by atoms with Gasteiger partial charge in [0.05, 0.1) is 5.52 Å². The molecule has 0 atom stereocenters. The van der Waals surface area contributed by atoms with Crippen LogP contribution in [-0.4, -0.2) is 22.1 Å². The average molecular weight is 318 g/mol. The van der Waals surface area contributed by atoms with E-state index in [0.717, 1.165) is 34.5 Å². The first-order valence-electron chi connectivity index (χ1n) is 7.84. The minimum atomic E-state index is 0.125. The number of hydrogen-bond donors (Lipinski definition) is 2. The SMILES string of the molecule is CC1(C)CC(Nc2ccnc3ccc(Cl)cc23)CC(C)(C)N1. The van der Waals surface area contributed by atoms with Crippen molar-refractivity contribution in [2.75, 3.05) is 5.32 Å². The first-order valence-corrected chi connectivity index (χ1v) is 8.22. The first kappa shape index (κ1) is 15.6. The van der Waals surface area contributed by atoms with Crippen LogP contribution in [0.2, 0.25) is 5.02 Å². The second-order valence-electron chi connectivity index (χ2n) is 7.66. The third kappa shape index (κ3) is 3.36. The van der Waals surface area contributed by atoms with Crippen LogP contribution >= 0.6 is 11.6 Å². The maximum atomic E-state index is 6.16. The van der Waals surface area contributed by atoms with Crippen LogP contribution in [0.15, 0.2) is 30.5 Å². The van der Waals surface area contributed by atoms with Crippen molar-refractivity contribution in [3.8, 4) is 0 Å². The molecule has 1 saturated heterocycles. The van der Waals surface area contributed by atoms with Gasteiger partial charge >= 0.3 is 0 Å². The maximum Gasteiger partial charge on any atom is 0.0723 e. The summed E-state index contributed by atoms with van der Waals surface area (Å²) in [5.74, 6) is 0. The molecule has 118 valence electrons. The molecule has 0 aliphatic carbocycles. The summed E-state index contributed by atoms with van der Waals surface area (Å²) in [5, 5.41) is 9.28. The number of benzene rings is 1. The third-order valence-electron chi connectivity index (χ3n) is 4.25. The van der Waals surface area contributed by atoms with Gasteiger partial charge in [-0.25, -0.2) is 0 Å². The van der Waals surface area contributed by atoms with Crippen LogP contribution in [0.1, 0.15) is 40.5 Å². The van der Waals surface area contributed by atoms with Crippen molar-refractivity contribution < 1.29 is 0 Å². The summed E-state index contributed by atoms with van der Waals surface area (Å²) in [7, 11) is 0. The van der Waals surface area contributed by atoms with Gasteiger partial charge in [-0.15, -0.1) is 0 Å². The maximum absolute atomic E-state index is 6.16. The van der Waals surface area contributed by atoms with E-state index in [2.05, 4.69) is 43.3 Å². The number of aromatic nitrogens is 1. The molecule has 1 aromatic carbocycles. The molecular weight excluding hydrogens is 294 g/mol. The van der Waals surface area contributed by atoms with Crippen LogP contribution in [0.25, 0.3) is 10.9 Å². The molecule has 2 aromatic rings. The van der Waals surface area contributed by atoms with E-state index in [0.29, 0.717) is 6.04 Å². The highest BCUT2D eigenvalue weighted by atomic mass is 35.5. The quantitative estimate of drug-likeness (QED) is 0.849. The Labute approximate surface area is 137 Å². The van der Waals surface area contributed by atoms with Crippen LogP contribution < -0.4 is 10.6 Å². The van der Waals surface area contributed by atoms with Crippen LogP contribution in [0.5, 0.6) is 0 Å². The van der Waals surface area contributed by atoms with E-state index >= 15 is 0 Å². The van der Waals surface area contributed by atoms with Gasteiger partial charge in [-0.05, 0) is 64.8 Å². The number of anilines is 1. The molecule has 22 heavy (non-hydrogen) atoms. The molecule has 0 spiro atoms. The average Bonchev–Trinajstić information content (AvgIpc) is 2.35. The zero-order chi connectivity index (χ0) is 16.0. The van der Waals surface area contributed by atoms with E-state index in [1.807, 2.05) is 30.5 Å². The predicted octanol–water partition coefficient (Wildman–Crippen LogP) is 4.61. The number of nitrogens with one attached hydrogen (secondary N) is 2. The Bertz CT molecular complexity index is 678. The zero-order valence-electron chi connectivity index (χ0n) is 13.7. The van der Waals surface area contributed by atoms with E-state index < -0.39 is 0 Å². The van der Waals surface area contributed by atoms with Gasteiger partial charge < -0.3 is 10.6 Å². The molecule has 1 fully saturated rings. The monoisotopic (exact) mass is 317 g/mol. The van der Waals surface area contributed by atoms with Crippen LogP contribution in [0.3, 0.4) is 0 Å². The Balaban J connectivity index is 1.91. The van der Waals surface area contributed by atoms with Gasteiger partial charge in [0, 0.05) is 39.4 Å². The largest absolute Gasteiger partial charge is 0.382 e. The Morgan fingerprint density at radius 3 is 2.50 bits per heavy atom. The normalized spacial score (nSPS) is 21.0. The van der Waals surface area contributed by atoms with Gasteiger partial charge in [-0.3, -0.25) is 4.98 Å². The molecule has 3 nitrogen and oxygen atoms in total. The lowest BCUT2D eigenvalue weighted by molar-refractivity contribution is 0.170. The summed E-state index contributed by atoms with van der Waals surface area (Å²) >= 11 is 6.16. The van der Waals surface area contributed by atoms with Gasteiger partial charge in [0.15, 0.2) is 0 Å². The molecule has 4 heteroatoms.